The van der Waals surface area contributed by atoms with Gasteiger partial charge in [-0.1, -0.05) is 16.3 Å². The second-order valence-electron chi connectivity index (χ2n) is 3.42. The van der Waals surface area contributed by atoms with Crippen molar-refractivity contribution in [3.63, 3.8) is 0 Å². The van der Waals surface area contributed by atoms with E-state index in [0.29, 0.717) is 10.6 Å². The fourth-order valence-electron chi connectivity index (χ4n) is 1.27. The van der Waals surface area contributed by atoms with Crippen molar-refractivity contribution >= 4 is 26.6 Å². The molecule has 0 radical (unpaired) electrons. The molecule has 2 rings (SSSR count). The van der Waals surface area contributed by atoms with E-state index in [1.807, 2.05) is 0 Å². The Balaban J connectivity index is 2.21. The Hall–Kier alpha value is -1.95. The van der Waals surface area contributed by atoms with Gasteiger partial charge in [-0.2, -0.15) is 0 Å². The van der Waals surface area contributed by atoms with Crippen LogP contribution in [0, 0.1) is 11.8 Å². The van der Waals surface area contributed by atoms with Gasteiger partial charge in [0.15, 0.2) is 0 Å². The standard InChI is InChI=1S/C11H10N4O2S2/c12-7-1-2-9-3-5-10(6-4-9)19(16,17)14-11-8-13-15-18-11/h3-6,8,14H,7,12H2. The minimum Gasteiger partial charge on any atom is -0.320 e. The van der Waals surface area contributed by atoms with Crippen LogP contribution in [0.15, 0.2) is 35.4 Å². The van der Waals surface area contributed by atoms with Gasteiger partial charge in [-0.25, -0.2) is 8.42 Å². The summed E-state index contributed by atoms with van der Waals surface area (Å²) >= 11 is 0.971. The van der Waals surface area contributed by atoms with Crippen LogP contribution in [-0.2, 0) is 10.0 Å². The highest BCUT2D eigenvalue weighted by molar-refractivity contribution is 7.93. The van der Waals surface area contributed by atoms with Gasteiger partial charge in [0.05, 0.1) is 17.6 Å². The third-order valence-corrected chi connectivity index (χ3v) is 4.19. The quantitative estimate of drug-likeness (QED) is 0.810. The van der Waals surface area contributed by atoms with Crippen LogP contribution in [0.2, 0.25) is 0 Å². The maximum absolute atomic E-state index is 12.0. The van der Waals surface area contributed by atoms with Gasteiger partial charge in [0, 0.05) is 17.1 Å². The molecule has 0 aliphatic heterocycles. The molecule has 6 nitrogen and oxygen atoms in total. The first-order valence-electron chi connectivity index (χ1n) is 5.21. The molecular weight excluding hydrogens is 284 g/mol. The van der Waals surface area contributed by atoms with Crippen molar-refractivity contribution in [1.82, 2.24) is 9.59 Å². The van der Waals surface area contributed by atoms with Gasteiger partial charge in [-0.05, 0) is 24.3 Å². The summed E-state index contributed by atoms with van der Waals surface area (Å²) in [6.45, 7) is 0.264. The van der Waals surface area contributed by atoms with Crippen molar-refractivity contribution in [1.29, 1.82) is 0 Å². The number of anilines is 1. The Morgan fingerprint density at radius 3 is 2.63 bits per heavy atom. The Labute approximate surface area is 114 Å². The van der Waals surface area contributed by atoms with Crippen molar-refractivity contribution in [3.05, 3.63) is 36.0 Å². The topological polar surface area (TPSA) is 98.0 Å². The molecule has 0 amide bonds. The third-order valence-electron chi connectivity index (χ3n) is 2.10. The first kappa shape index (κ1) is 13.5. The van der Waals surface area contributed by atoms with Gasteiger partial charge in [0.1, 0.15) is 5.00 Å². The van der Waals surface area contributed by atoms with E-state index in [1.54, 1.807) is 12.1 Å². The maximum Gasteiger partial charge on any atom is 0.262 e. The summed E-state index contributed by atoms with van der Waals surface area (Å²) < 4.78 is 30.0. The number of nitrogens with one attached hydrogen (secondary N) is 1. The summed E-state index contributed by atoms with van der Waals surface area (Å²) in [7, 11) is -3.61. The third kappa shape index (κ3) is 3.51. The number of rotatable bonds is 3. The molecule has 0 saturated heterocycles. The zero-order valence-corrected chi connectivity index (χ0v) is 11.3. The number of sulfonamides is 1. The molecule has 0 bridgehead atoms. The van der Waals surface area contributed by atoms with Crippen LogP contribution in [-0.4, -0.2) is 24.5 Å². The molecule has 3 N–H and O–H groups in total. The van der Waals surface area contributed by atoms with Gasteiger partial charge in [-0.15, -0.1) is 5.10 Å². The van der Waals surface area contributed by atoms with E-state index < -0.39 is 10.0 Å². The lowest BCUT2D eigenvalue weighted by Crippen LogP contribution is -2.11. The van der Waals surface area contributed by atoms with Gasteiger partial charge < -0.3 is 5.73 Å². The van der Waals surface area contributed by atoms with E-state index >= 15 is 0 Å². The molecule has 0 aliphatic carbocycles. The molecule has 1 heterocycles. The van der Waals surface area contributed by atoms with Gasteiger partial charge in [0.25, 0.3) is 10.0 Å². The van der Waals surface area contributed by atoms with E-state index in [9.17, 15) is 8.42 Å². The van der Waals surface area contributed by atoms with E-state index in [0.717, 1.165) is 11.5 Å². The predicted molar refractivity (Wildman–Crippen MR) is 73.1 cm³/mol. The normalized spacial score (nSPS) is 10.6. The van der Waals surface area contributed by atoms with Crippen LogP contribution in [0.1, 0.15) is 5.56 Å². The first-order chi connectivity index (χ1) is 9.12. The van der Waals surface area contributed by atoms with Crippen molar-refractivity contribution in [2.75, 3.05) is 11.3 Å². The summed E-state index contributed by atoms with van der Waals surface area (Å²) in [5, 5.41) is 3.93. The summed E-state index contributed by atoms with van der Waals surface area (Å²) in [6, 6.07) is 6.22. The summed E-state index contributed by atoms with van der Waals surface area (Å²) in [5.41, 5.74) is 5.97. The largest absolute Gasteiger partial charge is 0.320 e. The van der Waals surface area contributed by atoms with Gasteiger partial charge >= 0.3 is 0 Å². The molecule has 0 saturated carbocycles. The zero-order chi connectivity index (χ0) is 13.7. The van der Waals surface area contributed by atoms with Crippen LogP contribution < -0.4 is 10.5 Å². The lowest BCUT2D eigenvalue weighted by molar-refractivity contribution is 0.601. The van der Waals surface area contributed by atoms with Crippen molar-refractivity contribution in [2.45, 2.75) is 4.90 Å². The summed E-state index contributed by atoms with van der Waals surface area (Å²) in [4.78, 5) is 0.152. The minimum atomic E-state index is -3.61. The van der Waals surface area contributed by atoms with E-state index in [2.05, 4.69) is 26.1 Å². The number of nitrogens with two attached hydrogens (primary N) is 1. The average Bonchev–Trinajstić information content (AvgIpc) is 2.89. The second-order valence-corrected chi connectivity index (χ2v) is 5.89. The summed E-state index contributed by atoms with van der Waals surface area (Å²) in [5.74, 6) is 5.52. The average molecular weight is 294 g/mol. The van der Waals surface area contributed by atoms with Crippen LogP contribution in [0.3, 0.4) is 0 Å². The first-order valence-corrected chi connectivity index (χ1v) is 7.46. The minimum absolute atomic E-state index is 0.152. The Kier molecular flexibility index (Phi) is 4.11. The zero-order valence-electron chi connectivity index (χ0n) is 9.70. The molecule has 1 aromatic carbocycles. The molecule has 0 unspecified atom stereocenters. The molecule has 98 valence electrons. The smallest absolute Gasteiger partial charge is 0.262 e. The number of hydrogen-bond donors (Lipinski definition) is 2. The number of nitrogens with zero attached hydrogens (tertiary/aromatic N) is 2. The Morgan fingerprint density at radius 2 is 2.05 bits per heavy atom. The monoisotopic (exact) mass is 294 g/mol. The van der Waals surface area contributed by atoms with Gasteiger partial charge in [0.2, 0.25) is 0 Å². The highest BCUT2D eigenvalue weighted by Crippen LogP contribution is 2.17. The molecule has 0 fully saturated rings. The predicted octanol–water partition coefficient (Wildman–Crippen LogP) is 0.649. The Morgan fingerprint density at radius 1 is 1.32 bits per heavy atom. The number of aromatic nitrogens is 2. The maximum atomic E-state index is 12.0. The lowest BCUT2D eigenvalue weighted by Gasteiger charge is -2.04. The van der Waals surface area contributed by atoms with E-state index in [-0.39, 0.29) is 11.4 Å². The molecule has 0 aliphatic rings. The van der Waals surface area contributed by atoms with Crippen molar-refractivity contribution in [3.8, 4) is 11.8 Å². The molecule has 1 aromatic heterocycles. The molecule has 2 aromatic rings. The highest BCUT2D eigenvalue weighted by Gasteiger charge is 2.14. The molecule has 8 heteroatoms. The van der Waals surface area contributed by atoms with Crippen LogP contribution >= 0.6 is 11.5 Å². The molecule has 19 heavy (non-hydrogen) atoms. The number of hydrogen-bond acceptors (Lipinski definition) is 6. The van der Waals surface area contributed by atoms with Crippen molar-refractivity contribution < 1.29 is 8.42 Å². The van der Waals surface area contributed by atoms with E-state index in [1.165, 1.54) is 18.3 Å². The van der Waals surface area contributed by atoms with Gasteiger partial charge in [-0.3, -0.25) is 4.72 Å². The fraction of sp³-hybridized carbons (Fsp3) is 0.0909. The summed E-state index contributed by atoms with van der Waals surface area (Å²) in [6.07, 6.45) is 1.35. The fourth-order valence-corrected chi connectivity index (χ4v) is 2.96. The number of benzene rings is 1. The second kappa shape index (κ2) is 5.79. The van der Waals surface area contributed by atoms with Crippen LogP contribution in [0.4, 0.5) is 5.00 Å². The van der Waals surface area contributed by atoms with Crippen molar-refractivity contribution in [2.24, 2.45) is 5.73 Å². The van der Waals surface area contributed by atoms with E-state index in [4.69, 9.17) is 5.73 Å². The molecule has 0 spiro atoms. The van der Waals surface area contributed by atoms with Crippen LogP contribution in [0.5, 0.6) is 0 Å². The molecular formula is C11H10N4O2S2. The molecule has 0 atom stereocenters. The Bertz CT molecular complexity index is 697. The SMILES string of the molecule is NCC#Cc1ccc(S(=O)(=O)Nc2cnns2)cc1. The lowest BCUT2D eigenvalue weighted by atomic mass is 10.2. The van der Waals surface area contributed by atoms with Crippen LogP contribution in [0.25, 0.3) is 0 Å². The highest BCUT2D eigenvalue weighted by atomic mass is 32.2.